The Morgan fingerprint density at radius 2 is 2.06 bits per heavy atom. The van der Waals surface area contributed by atoms with Crippen LogP contribution < -0.4 is 4.74 Å². The molecule has 88 valence electrons. The molecule has 0 aliphatic rings. The normalized spacial score (nSPS) is 10.5. The second kappa shape index (κ2) is 6.19. The van der Waals surface area contributed by atoms with Crippen LogP contribution >= 0.6 is 0 Å². The SMILES string of the molecule is COC(COc1ccc(C=O)cc1F)OC. The third-order valence-electron chi connectivity index (χ3n) is 1.99. The maximum atomic E-state index is 13.3. The highest BCUT2D eigenvalue weighted by molar-refractivity contribution is 5.74. The molecule has 0 saturated heterocycles. The van der Waals surface area contributed by atoms with Crippen molar-refractivity contribution in [3.05, 3.63) is 29.6 Å². The predicted molar refractivity (Wildman–Crippen MR) is 55.1 cm³/mol. The summed E-state index contributed by atoms with van der Waals surface area (Å²) >= 11 is 0. The third-order valence-corrected chi connectivity index (χ3v) is 1.99. The van der Waals surface area contributed by atoms with E-state index in [0.29, 0.717) is 6.29 Å². The number of rotatable bonds is 6. The first-order chi connectivity index (χ1) is 7.71. The highest BCUT2D eigenvalue weighted by Gasteiger charge is 2.09. The Balaban J connectivity index is 2.63. The summed E-state index contributed by atoms with van der Waals surface area (Å²) < 4.78 is 28.2. The van der Waals surface area contributed by atoms with Gasteiger partial charge in [-0.15, -0.1) is 0 Å². The Morgan fingerprint density at radius 3 is 2.56 bits per heavy atom. The summed E-state index contributed by atoms with van der Waals surface area (Å²) in [5, 5.41) is 0. The Morgan fingerprint density at radius 1 is 1.38 bits per heavy atom. The van der Waals surface area contributed by atoms with Crippen LogP contribution in [-0.2, 0) is 9.47 Å². The maximum absolute atomic E-state index is 13.3. The van der Waals surface area contributed by atoms with Crippen molar-refractivity contribution in [1.82, 2.24) is 0 Å². The van der Waals surface area contributed by atoms with Gasteiger partial charge in [0.2, 0.25) is 0 Å². The largest absolute Gasteiger partial charge is 0.485 e. The second-order valence-electron chi connectivity index (χ2n) is 3.02. The number of hydrogen-bond donors (Lipinski definition) is 0. The van der Waals surface area contributed by atoms with E-state index < -0.39 is 12.1 Å². The molecular weight excluding hydrogens is 215 g/mol. The Kier molecular flexibility index (Phi) is 4.88. The van der Waals surface area contributed by atoms with Gasteiger partial charge >= 0.3 is 0 Å². The number of halogens is 1. The smallest absolute Gasteiger partial charge is 0.191 e. The van der Waals surface area contributed by atoms with Crippen LogP contribution in [0, 0.1) is 5.82 Å². The van der Waals surface area contributed by atoms with E-state index in [1.54, 1.807) is 0 Å². The first-order valence-electron chi connectivity index (χ1n) is 4.64. The topological polar surface area (TPSA) is 44.8 Å². The molecule has 0 atom stereocenters. The molecule has 1 aromatic carbocycles. The van der Waals surface area contributed by atoms with Crippen LogP contribution in [0.15, 0.2) is 18.2 Å². The van der Waals surface area contributed by atoms with Crippen LogP contribution in [0.25, 0.3) is 0 Å². The molecule has 4 nitrogen and oxygen atoms in total. The van der Waals surface area contributed by atoms with Gasteiger partial charge < -0.3 is 14.2 Å². The fourth-order valence-electron chi connectivity index (χ4n) is 1.10. The lowest BCUT2D eigenvalue weighted by Gasteiger charge is -2.14. The van der Waals surface area contributed by atoms with Crippen molar-refractivity contribution in [3.8, 4) is 5.75 Å². The molecule has 0 amide bonds. The number of hydrogen-bond acceptors (Lipinski definition) is 4. The molecule has 0 unspecified atom stereocenters. The third kappa shape index (κ3) is 3.29. The van der Waals surface area contributed by atoms with Gasteiger partial charge in [-0.2, -0.15) is 0 Å². The zero-order valence-electron chi connectivity index (χ0n) is 9.10. The van der Waals surface area contributed by atoms with Crippen molar-refractivity contribution in [2.75, 3.05) is 20.8 Å². The van der Waals surface area contributed by atoms with Crippen molar-refractivity contribution < 1.29 is 23.4 Å². The van der Waals surface area contributed by atoms with Gasteiger partial charge in [0.05, 0.1) is 0 Å². The Bertz CT molecular complexity index is 350. The molecule has 0 spiro atoms. The van der Waals surface area contributed by atoms with E-state index in [2.05, 4.69) is 0 Å². The van der Waals surface area contributed by atoms with E-state index >= 15 is 0 Å². The van der Waals surface area contributed by atoms with Gasteiger partial charge in [-0.3, -0.25) is 4.79 Å². The minimum atomic E-state index is -0.587. The summed E-state index contributed by atoms with van der Waals surface area (Å²) in [6.07, 6.45) is 0.0186. The van der Waals surface area contributed by atoms with Crippen molar-refractivity contribution in [2.45, 2.75) is 6.29 Å². The van der Waals surface area contributed by atoms with Crippen LogP contribution in [0.1, 0.15) is 10.4 Å². The molecule has 0 bridgehead atoms. The first-order valence-corrected chi connectivity index (χ1v) is 4.64. The average molecular weight is 228 g/mol. The zero-order valence-corrected chi connectivity index (χ0v) is 9.10. The number of carbonyl (C=O) groups is 1. The van der Waals surface area contributed by atoms with Crippen molar-refractivity contribution >= 4 is 6.29 Å². The van der Waals surface area contributed by atoms with Crippen LogP contribution in [0.5, 0.6) is 5.75 Å². The molecule has 5 heteroatoms. The van der Waals surface area contributed by atoms with Gasteiger partial charge in [-0.05, 0) is 18.2 Å². The molecule has 0 aromatic heterocycles. The lowest BCUT2D eigenvalue weighted by molar-refractivity contribution is -0.122. The lowest BCUT2D eigenvalue weighted by atomic mass is 10.2. The van der Waals surface area contributed by atoms with Crippen LogP contribution in [-0.4, -0.2) is 33.4 Å². The van der Waals surface area contributed by atoms with Crippen LogP contribution in [0.3, 0.4) is 0 Å². The molecule has 0 aliphatic heterocycles. The van der Waals surface area contributed by atoms with Gasteiger partial charge in [-0.1, -0.05) is 0 Å². The number of carbonyl (C=O) groups excluding carboxylic acids is 1. The molecule has 0 aliphatic carbocycles. The zero-order chi connectivity index (χ0) is 12.0. The minimum Gasteiger partial charge on any atom is -0.485 e. The fourth-order valence-corrected chi connectivity index (χ4v) is 1.10. The summed E-state index contributed by atoms with van der Waals surface area (Å²) in [5.41, 5.74) is 0.264. The summed E-state index contributed by atoms with van der Waals surface area (Å²) in [6.45, 7) is 0.0738. The molecule has 0 radical (unpaired) electrons. The van der Waals surface area contributed by atoms with E-state index in [9.17, 15) is 9.18 Å². The molecule has 16 heavy (non-hydrogen) atoms. The first kappa shape index (κ1) is 12.6. The van der Waals surface area contributed by atoms with E-state index in [-0.39, 0.29) is 17.9 Å². The molecule has 1 aromatic rings. The van der Waals surface area contributed by atoms with Crippen molar-refractivity contribution in [2.24, 2.45) is 0 Å². The summed E-state index contributed by atoms with van der Waals surface area (Å²) in [4.78, 5) is 10.4. The minimum absolute atomic E-state index is 0.0599. The number of aldehydes is 1. The highest BCUT2D eigenvalue weighted by Crippen LogP contribution is 2.17. The van der Waals surface area contributed by atoms with Crippen LogP contribution in [0.2, 0.25) is 0 Å². The van der Waals surface area contributed by atoms with Gasteiger partial charge in [0.1, 0.15) is 12.9 Å². The molecular formula is C11H13FO4. The van der Waals surface area contributed by atoms with Crippen molar-refractivity contribution in [3.63, 3.8) is 0 Å². The van der Waals surface area contributed by atoms with Gasteiger partial charge in [0.15, 0.2) is 17.9 Å². The maximum Gasteiger partial charge on any atom is 0.191 e. The quantitative estimate of drug-likeness (QED) is 0.548. The lowest BCUT2D eigenvalue weighted by Crippen LogP contribution is -2.22. The molecule has 0 fully saturated rings. The number of methoxy groups -OCH3 is 2. The molecule has 1 rings (SSSR count). The standard InChI is InChI=1S/C11H13FO4/c1-14-11(15-2)7-16-10-4-3-8(6-13)5-9(10)12/h3-6,11H,7H2,1-2H3. The van der Waals surface area contributed by atoms with E-state index in [0.717, 1.165) is 6.07 Å². The summed E-state index contributed by atoms with van der Waals surface area (Å²) in [6, 6.07) is 3.97. The fraction of sp³-hybridized carbons (Fsp3) is 0.364. The highest BCUT2D eigenvalue weighted by atomic mass is 19.1. The summed E-state index contributed by atoms with van der Waals surface area (Å²) in [5.74, 6) is -0.528. The Labute approximate surface area is 92.9 Å². The second-order valence-corrected chi connectivity index (χ2v) is 3.02. The van der Waals surface area contributed by atoms with E-state index in [1.807, 2.05) is 0 Å². The van der Waals surface area contributed by atoms with Crippen molar-refractivity contribution in [1.29, 1.82) is 0 Å². The molecule has 0 N–H and O–H groups in total. The van der Waals surface area contributed by atoms with Gasteiger partial charge in [0.25, 0.3) is 0 Å². The predicted octanol–water partition coefficient (Wildman–Crippen LogP) is 1.64. The average Bonchev–Trinajstić information content (AvgIpc) is 2.32. The summed E-state index contributed by atoms with van der Waals surface area (Å²) in [7, 11) is 2.92. The van der Waals surface area contributed by atoms with E-state index in [4.69, 9.17) is 14.2 Å². The Hall–Kier alpha value is -1.46. The van der Waals surface area contributed by atoms with Gasteiger partial charge in [-0.25, -0.2) is 4.39 Å². The van der Waals surface area contributed by atoms with Crippen LogP contribution in [0.4, 0.5) is 4.39 Å². The molecule has 0 heterocycles. The molecule has 0 saturated carbocycles. The van der Waals surface area contributed by atoms with E-state index in [1.165, 1.54) is 26.4 Å². The van der Waals surface area contributed by atoms with Gasteiger partial charge in [0, 0.05) is 19.8 Å². The number of benzene rings is 1. The number of ether oxygens (including phenoxy) is 3. The monoisotopic (exact) mass is 228 g/mol.